The highest BCUT2D eigenvalue weighted by Crippen LogP contribution is 2.30. The van der Waals surface area contributed by atoms with Gasteiger partial charge in [-0.15, -0.1) is 0 Å². The Labute approximate surface area is 173 Å². The smallest absolute Gasteiger partial charge is 0.433 e. The SMILES string of the molecule is Cc1nc2ccc(OCc3cccnc3C(F)(F)F)cn2c1C(=O)N[C@@H](CO)C(N)=O. The van der Waals surface area contributed by atoms with Crippen molar-refractivity contribution in [2.45, 2.75) is 25.7 Å². The molecule has 3 aromatic heterocycles. The first-order valence-electron chi connectivity index (χ1n) is 8.95. The van der Waals surface area contributed by atoms with Crippen LogP contribution in [0.2, 0.25) is 0 Å². The number of imidazole rings is 1. The molecule has 0 bridgehead atoms. The number of ether oxygens (including phenoxy) is 1. The summed E-state index contributed by atoms with van der Waals surface area (Å²) in [6.45, 7) is 0.474. The van der Waals surface area contributed by atoms with E-state index in [1.165, 1.54) is 34.9 Å². The van der Waals surface area contributed by atoms with Crippen molar-refractivity contribution in [2.75, 3.05) is 6.61 Å². The molecule has 2 amide bonds. The lowest BCUT2D eigenvalue weighted by Crippen LogP contribution is -2.47. The number of alkyl halides is 3. The molecular formula is C19H18F3N5O4. The van der Waals surface area contributed by atoms with Crippen molar-refractivity contribution in [3.63, 3.8) is 0 Å². The van der Waals surface area contributed by atoms with Crippen molar-refractivity contribution in [3.8, 4) is 5.75 Å². The van der Waals surface area contributed by atoms with Crippen LogP contribution in [0.1, 0.15) is 27.4 Å². The molecule has 9 nitrogen and oxygen atoms in total. The fourth-order valence-electron chi connectivity index (χ4n) is 2.91. The Bertz CT molecular complexity index is 1130. The van der Waals surface area contributed by atoms with Crippen LogP contribution in [0.3, 0.4) is 0 Å². The van der Waals surface area contributed by atoms with Crippen LogP contribution in [0, 0.1) is 6.92 Å². The third-order valence-corrected chi connectivity index (χ3v) is 4.37. The van der Waals surface area contributed by atoms with Crippen molar-refractivity contribution in [2.24, 2.45) is 5.73 Å². The second-order valence-corrected chi connectivity index (χ2v) is 6.55. The molecule has 0 saturated carbocycles. The summed E-state index contributed by atoms with van der Waals surface area (Å²) < 4.78 is 46.1. The number of nitrogens with one attached hydrogen (secondary N) is 1. The number of carbonyl (C=O) groups is 2. The summed E-state index contributed by atoms with van der Waals surface area (Å²) in [6, 6.07) is 4.35. The molecule has 1 atom stereocenters. The summed E-state index contributed by atoms with van der Waals surface area (Å²) in [4.78, 5) is 31.5. The Hall–Kier alpha value is -3.67. The van der Waals surface area contributed by atoms with Gasteiger partial charge in [0.15, 0.2) is 5.69 Å². The van der Waals surface area contributed by atoms with Gasteiger partial charge in [0, 0.05) is 11.8 Å². The number of fused-ring (bicyclic) bond motifs is 1. The third kappa shape index (κ3) is 4.74. The lowest BCUT2D eigenvalue weighted by Gasteiger charge is -2.14. The highest BCUT2D eigenvalue weighted by Gasteiger charge is 2.35. The largest absolute Gasteiger partial charge is 0.487 e. The number of primary amides is 1. The summed E-state index contributed by atoms with van der Waals surface area (Å²) >= 11 is 0. The zero-order valence-electron chi connectivity index (χ0n) is 16.2. The van der Waals surface area contributed by atoms with Crippen molar-refractivity contribution >= 4 is 17.5 Å². The van der Waals surface area contributed by atoms with Crippen molar-refractivity contribution in [1.82, 2.24) is 19.7 Å². The molecule has 0 spiro atoms. The topological polar surface area (TPSA) is 132 Å². The molecule has 3 aromatic rings. The van der Waals surface area contributed by atoms with Crippen LogP contribution >= 0.6 is 0 Å². The molecule has 0 fully saturated rings. The molecule has 0 unspecified atom stereocenters. The number of carbonyl (C=O) groups excluding carboxylic acids is 2. The molecule has 31 heavy (non-hydrogen) atoms. The van der Waals surface area contributed by atoms with Gasteiger partial charge in [-0.1, -0.05) is 6.07 Å². The zero-order valence-corrected chi connectivity index (χ0v) is 16.2. The van der Waals surface area contributed by atoms with E-state index < -0.39 is 42.9 Å². The normalized spacial score (nSPS) is 12.5. The third-order valence-electron chi connectivity index (χ3n) is 4.37. The minimum absolute atomic E-state index is 0.0532. The minimum Gasteiger partial charge on any atom is -0.487 e. The predicted molar refractivity (Wildman–Crippen MR) is 101 cm³/mol. The van der Waals surface area contributed by atoms with Crippen LogP contribution in [0.25, 0.3) is 5.65 Å². The standard InChI is InChI=1S/C19H18F3N5O4/c1-10-15(18(30)26-13(8-28)17(23)29)27-7-12(4-5-14(27)25-10)31-9-11-3-2-6-24-16(11)19(20,21)22/h2-7,13,28H,8-9H2,1H3,(H2,23,29)(H,26,30)/t13-/m0/s1. The minimum atomic E-state index is -4.62. The predicted octanol–water partition coefficient (Wildman–Crippen LogP) is 1.21. The van der Waals surface area contributed by atoms with Crippen LogP contribution < -0.4 is 15.8 Å². The fraction of sp³-hybridized carbons (Fsp3) is 0.263. The van der Waals surface area contributed by atoms with Gasteiger partial charge in [-0.25, -0.2) is 4.98 Å². The fourth-order valence-corrected chi connectivity index (χ4v) is 2.91. The number of aryl methyl sites for hydroxylation is 1. The van der Waals surface area contributed by atoms with Gasteiger partial charge >= 0.3 is 6.18 Å². The number of aromatic nitrogens is 3. The summed E-state index contributed by atoms with van der Waals surface area (Å²) in [7, 11) is 0. The maximum absolute atomic E-state index is 13.1. The van der Waals surface area contributed by atoms with Crippen molar-refractivity contribution < 1.29 is 32.6 Å². The molecule has 0 aliphatic heterocycles. The number of hydrogen-bond acceptors (Lipinski definition) is 6. The van der Waals surface area contributed by atoms with Crippen LogP contribution in [-0.2, 0) is 17.6 Å². The number of aliphatic hydroxyl groups is 1. The van der Waals surface area contributed by atoms with Gasteiger partial charge in [0.1, 0.15) is 29.7 Å². The van der Waals surface area contributed by atoms with E-state index in [0.29, 0.717) is 11.3 Å². The lowest BCUT2D eigenvalue weighted by molar-refractivity contribution is -0.142. The molecule has 0 aromatic carbocycles. The number of aliphatic hydroxyl groups excluding tert-OH is 1. The van der Waals surface area contributed by atoms with Crippen LogP contribution in [-0.4, -0.2) is 43.9 Å². The molecule has 0 radical (unpaired) electrons. The molecule has 3 rings (SSSR count). The van der Waals surface area contributed by atoms with Gasteiger partial charge in [-0.2, -0.15) is 13.2 Å². The zero-order chi connectivity index (χ0) is 22.8. The Balaban J connectivity index is 1.87. The maximum Gasteiger partial charge on any atom is 0.433 e. The maximum atomic E-state index is 13.1. The average molecular weight is 437 g/mol. The molecule has 3 heterocycles. The summed E-state index contributed by atoms with van der Waals surface area (Å²) in [5.41, 5.74) is 4.67. The Morgan fingerprint density at radius 2 is 2.06 bits per heavy atom. The van der Waals surface area contributed by atoms with Gasteiger partial charge in [0.25, 0.3) is 5.91 Å². The monoisotopic (exact) mass is 437 g/mol. The highest BCUT2D eigenvalue weighted by atomic mass is 19.4. The molecule has 4 N–H and O–H groups in total. The second-order valence-electron chi connectivity index (χ2n) is 6.55. The first-order valence-corrected chi connectivity index (χ1v) is 8.95. The van der Waals surface area contributed by atoms with E-state index in [9.17, 15) is 27.9 Å². The molecular weight excluding hydrogens is 419 g/mol. The van der Waals surface area contributed by atoms with Gasteiger partial charge in [-0.05, 0) is 25.1 Å². The van der Waals surface area contributed by atoms with E-state index in [0.717, 1.165) is 6.20 Å². The van der Waals surface area contributed by atoms with E-state index in [1.807, 2.05) is 0 Å². The van der Waals surface area contributed by atoms with Gasteiger partial charge in [0.05, 0.1) is 18.5 Å². The number of amides is 2. The molecule has 0 saturated heterocycles. The van der Waals surface area contributed by atoms with E-state index in [1.54, 1.807) is 6.92 Å². The first kappa shape index (κ1) is 22.0. The molecule has 164 valence electrons. The average Bonchev–Trinajstić information content (AvgIpc) is 3.04. The Kier molecular flexibility index (Phi) is 6.11. The summed E-state index contributed by atoms with van der Waals surface area (Å²) in [6.07, 6.45) is -2.20. The van der Waals surface area contributed by atoms with Crippen molar-refractivity contribution in [3.05, 3.63) is 59.3 Å². The number of pyridine rings is 2. The lowest BCUT2D eigenvalue weighted by atomic mass is 10.2. The number of rotatable bonds is 7. The number of halogens is 3. The Morgan fingerprint density at radius 1 is 1.32 bits per heavy atom. The van der Waals surface area contributed by atoms with Gasteiger partial charge in [-0.3, -0.25) is 19.0 Å². The van der Waals surface area contributed by atoms with E-state index >= 15 is 0 Å². The molecule has 12 heteroatoms. The number of nitrogens with zero attached hydrogens (tertiary/aromatic N) is 3. The van der Waals surface area contributed by atoms with Crippen LogP contribution in [0.5, 0.6) is 5.75 Å². The van der Waals surface area contributed by atoms with Crippen molar-refractivity contribution in [1.29, 1.82) is 0 Å². The number of hydrogen-bond donors (Lipinski definition) is 3. The number of nitrogens with two attached hydrogens (primary N) is 1. The van der Waals surface area contributed by atoms with Gasteiger partial charge in [0.2, 0.25) is 5.91 Å². The van der Waals surface area contributed by atoms with E-state index in [-0.39, 0.29) is 17.0 Å². The van der Waals surface area contributed by atoms with E-state index in [2.05, 4.69) is 15.3 Å². The first-order chi connectivity index (χ1) is 14.6. The second kappa shape index (κ2) is 8.60. The van der Waals surface area contributed by atoms with Crippen LogP contribution in [0.4, 0.5) is 13.2 Å². The summed E-state index contributed by atoms with van der Waals surface area (Å²) in [5, 5.41) is 11.5. The van der Waals surface area contributed by atoms with Gasteiger partial charge < -0.3 is 20.9 Å². The highest BCUT2D eigenvalue weighted by molar-refractivity contribution is 5.97. The molecule has 0 aliphatic rings. The Morgan fingerprint density at radius 3 is 2.71 bits per heavy atom. The molecule has 0 aliphatic carbocycles. The quantitative estimate of drug-likeness (QED) is 0.509. The van der Waals surface area contributed by atoms with E-state index in [4.69, 9.17) is 10.5 Å². The summed E-state index contributed by atoms with van der Waals surface area (Å²) in [5.74, 6) is -1.46. The van der Waals surface area contributed by atoms with Crippen LogP contribution in [0.15, 0.2) is 36.7 Å².